The van der Waals surface area contributed by atoms with Gasteiger partial charge in [0.25, 0.3) is 15.9 Å². The minimum Gasteiger partial charge on any atom is -0.493 e. The summed E-state index contributed by atoms with van der Waals surface area (Å²) in [6, 6.07) is 27.9. The number of sulfonamides is 1. The number of oxazole rings is 1. The lowest BCUT2D eigenvalue weighted by Gasteiger charge is -2.19. The fourth-order valence-corrected chi connectivity index (χ4v) is 5.36. The summed E-state index contributed by atoms with van der Waals surface area (Å²) in [5, 5.41) is 0. The molecule has 0 aliphatic heterocycles. The summed E-state index contributed by atoms with van der Waals surface area (Å²) >= 11 is 0. The standard InChI is InChI=1S/C31H29N3O5S/c1-23-28(32-31(39-23)25-10-4-2-5-11-25)18-21-38-26-16-14-24(15-17-26)22-29(34-19-8-9-20-34)30(35)33-40(36,37)27-12-6-3-7-13-27/h2-17,19-20,29H,18,21-22H2,1H3,(H,33,35)/t29-/m0/s1. The van der Waals surface area contributed by atoms with Gasteiger partial charge in [-0.25, -0.2) is 18.1 Å². The van der Waals surface area contributed by atoms with Gasteiger partial charge in [0.2, 0.25) is 5.89 Å². The monoisotopic (exact) mass is 555 g/mol. The van der Waals surface area contributed by atoms with Crippen LogP contribution < -0.4 is 9.46 Å². The van der Waals surface area contributed by atoms with Gasteiger partial charge in [-0.15, -0.1) is 0 Å². The van der Waals surface area contributed by atoms with Gasteiger partial charge >= 0.3 is 0 Å². The van der Waals surface area contributed by atoms with E-state index in [4.69, 9.17) is 9.15 Å². The zero-order chi connectivity index (χ0) is 28.0. The van der Waals surface area contributed by atoms with Crippen molar-refractivity contribution in [3.8, 4) is 17.2 Å². The average molecular weight is 556 g/mol. The molecular weight excluding hydrogens is 526 g/mol. The normalized spacial score (nSPS) is 12.1. The van der Waals surface area contributed by atoms with E-state index in [1.54, 1.807) is 47.3 Å². The first-order chi connectivity index (χ1) is 19.4. The molecule has 5 rings (SSSR count). The first-order valence-electron chi connectivity index (χ1n) is 12.9. The molecule has 0 spiro atoms. The van der Waals surface area contributed by atoms with Crippen LogP contribution >= 0.6 is 0 Å². The molecule has 0 radical (unpaired) electrons. The van der Waals surface area contributed by atoms with E-state index >= 15 is 0 Å². The summed E-state index contributed by atoms with van der Waals surface area (Å²) in [5.41, 5.74) is 2.64. The number of hydrogen-bond donors (Lipinski definition) is 1. The van der Waals surface area contributed by atoms with Gasteiger partial charge in [0, 0.05) is 30.8 Å². The van der Waals surface area contributed by atoms with E-state index in [0.29, 0.717) is 31.1 Å². The minimum absolute atomic E-state index is 0.0354. The molecule has 2 heterocycles. The molecule has 2 aromatic heterocycles. The van der Waals surface area contributed by atoms with Crippen molar-refractivity contribution in [3.63, 3.8) is 0 Å². The molecule has 204 valence electrons. The molecule has 1 N–H and O–H groups in total. The average Bonchev–Trinajstić information content (AvgIpc) is 3.63. The summed E-state index contributed by atoms with van der Waals surface area (Å²) in [6.45, 7) is 2.32. The predicted molar refractivity (Wildman–Crippen MR) is 151 cm³/mol. The first-order valence-corrected chi connectivity index (χ1v) is 14.3. The highest BCUT2D eigenvalue weighted by Gasteiger charge is 2.26. The fraction of sp³-hybridized carbons (Fsp3) is 0.161. The Morgan fingerprint density at radius 3 is 2.25 bits per heavy atom. The number of hydrogen-bond acceptors (Lipinski definition) is 6. The number of nitrogens with one attached hydrogen (secondary N) is 1. The van der Waals surface area contributed by atoms with Gasteiger partial charge in [-0.1, -0.05) is 48.5 Å². The molecule has 0 aliphatic rings. The van der Waals surface area contributed by atoms with Crippen LogP contribution in [0.1, 0.15) is 23.1 Å². The van der Waals surface area contributed by atoms with Gasteiger partial charge in [-0.05, 0) is 61.0 Å². The van der Waals surface area contributed by atoms with Crippen molar-refractivity contribution in [1.82, 2.24) is 14.3 Å². The van der Waals surface area contributed by atoms with Crippen molar-refractivity contribution < 1.29 is 22.4 Å². The summed E-state index contributed by atoms with van der Waals surface area (Å²) in [5.74, 6) is 1.43. The highest BCUT2D eigenvalue weighted by Crippen LogP contribution is 2.23. The Kier molecular flexibility index (Phi) is 8.12. The molecule has 0 saturated heterocycles. The van der Waals surface area contributed by atoms with Crippen LogP contribution in [0.4, 0.5) is 0 Å². The van der Waals surface area contributed by atoms with Crippen molar-refractivity contribution in [1.29, 1.82) is 0 Å². The smallest absolute Gasteiger partial charge is 0.264 e. The molecule has 0 unspecified atom stereocenters. The van der Waals surface area contributed by atoms with Crippen LogP contribution in [0.5, 0.6) is 5.75 Å². The molecule has 1 atom stereocenters. The van der Waals surface area contributed by atoms with Crippen molar-refractivity contribution >= 4 is 15.9 Å². The van der Waals surface area contributed by atoms with Gasteiger partial charge in [-0.2, -0.15) is 0 Å². The van der Waals surface area contributed by atoms with Crippen LogP contribution in [0, 0.1) is 6.92 Å². The maximum Gasteiger partial charge on any atom is 0.264 e. The number of ether oxygens (including phenoxy) is 1. The Hall–Kier alpha value is -4.63. The minimum atomic E-state index is -3.99. The second-order valence-corrected chi connectivity index (χ2v) is 10.9. The lowest BCUT2D eigenvalue weighted by Crippen LogP contribution is -2.37. The molecule has 9 heteroatoms. The Labute approximate surface area is 233 Å². The van der Waals surface area contributed by atoms with Gasteiger partial charge in [-0.3, -0.25) is 4.79 Å². The zero-order valence-corrected chi connectivity index (χ0v) is 22.8. The van der Waals surface area contributed by atoms with E-state index in [-0.39, 0.29) is 4.90 Å². The molecule has 0 aliphatic carbocycles. The third-order valence-corrected chi connectivity index (χ3v) is 7.81. The Morgan fingerprint density at radius 2 is 1.57 bits per heavy atom. The van der Waals surface area contributed by atoms with Gasteiger partial charge < -0.3 is 13.7 Å². The number of amides is 1. The van der Waals surface area contributed by atoms with Crippen molar-refractivity contribution in [2.45, 2.75) is 30.7 Å². The van der Waals surface area contributed by atoms with Crippen molar-refractivity contribution in [3.05, 3.63) is 126 Å². The second-order valence-electron chi connectivity index (χ2n) is 9.26. The van der Waals surface area contributed by atoms with E-state index < -0.39 is 22.0 Å². The van der Waals surface area contributed by atoms with Crippen LogP contribution in [0.25, 0.3) is 11.5 Å². The van der Waals surface area contributed by atoms with Gasteiger partial charge in [0.1, 0.15) is 17.6 Å². The molecule has 40 heavy (non-hydrogen) atoms. The van der Waals surface area contributed by atoms with Crippen molar-refractivity contribution in [2.75, 3.05) is 6.61 Å². The number of rotatable bonds is 11. The molecule has 5 aromatic rings. The summed E-state index contributed by atoms with van der Waals surface area (Å²) in [7, 11) is -3.99. The Bertz CT molecular complexity index is 1650. The molecular formula is C31H29N3O5S. The number of aromatic nitrogens is 2. The number of aryl methyl sites for hydroxylation is 1. The van der Waals surface area contributed by atoms with E-state index in [9.17, 15) is 13.2 Å². The lowest BCUT2D eigenvalue weighted by atomic mass is 10.1. The Balaban J connectivity index is 1.21. The highest BCUT2D eigenvalue weighted by molar-refractivity contribution is 7.90. The van der Waals surface area contributed by atoms with E-state index in [2.05, 4.69) is 9.71 Å². The summed E-state index contributed by atoms with van der Waals surface area (Å²) in [4.78, 5) is 17.8. The second kappa shape index (κ2) is 12.0. The van der Waals surface area contributed by atoms with Crippen molar-refractivity contribution in [2.24, 2.45) is 0 Å². The Morgan fingerprint density at radius 1 is 0.925 bits per heavy atom. The summed E-state index contributed by atoms with van der Waals surface area (Å²) < 4.78 is 41.2. The fourth-order valence-electron chi connectivity index (χ4n) is 4.32. The molecule has 0 saturated carbocycles. The number of nitrogens with zero attached hydrogens (tertiary/aromatic N) is 2. The molecule has 1 amide bonds. The molecule has 8 nitrogen and oxygen atoms in total. The highest BCUT2D eigenvalue weighted by atomic mass is 32.2. The predicted octanol–water partition coefficient (Wildman–Crippen LogP) is 5.36. The first kappa shape index (κ1) is 27.0. The zero-order valence-electron chi connectivity index (χ0n) is 21.9. The number of benzene rings is 3. The van der Waals surface area contributed by atoms with Crippen LogP contribution in [-0.4, -0.2) is 30.5 Å². The SMILES string of the molecule is Cc1oc(-c2ccccc2)nc1CCOc1ccc(C[C@@H](C(=O)NS(=O)(=O)c2ccccc2)n2cccc2)cc1. The van der Waals surface area contributed by atoms with Crippen LogP contribution in [-0.2, 0) is 27.7 Å². The van der Waals surface area contributed by atoms with E-state index in [0.717, 1.165) is 22.6 Å². The maximum atomic E-state index is 13.1. The van der Waals surface area contributed by atoms with E-state index in [1.165, 1.54) is 12.1 Å². The van der Waals surface area contributed by atoms with Crippen LogP contribution in [0.2, 0.25) is 0 Å². The van der Waals surface area contributed by atoms with Crippen LogP contribution in [0.3, 0.4) is 0 Å². The number of carbonyl (C=O) groups is 1. The molecule has 3 aromatic carbocycles. The molecule has 0 bridgehead atoms. The maximum absolute atomic E-state index is 13.1. The summed E-state index contributed by atoms with van der Waals surface area (Å²) in [6.07, 6.45) is 4.37. The third-order valence-electron chi connectivity index (χ3n) is 6.45. The van der Waals surface area contributed by atoms with Crippen LogP contribution in [0.15, 0.2) is 119 Å². The third kappa shape index (κ3) is 6.50. The van der Waals surface area contributed by atoms with Gasteiger partial charge in [0.15, 0.2) is 0 Å². The lowest BCUT2D eigenvalue weighted by molar-refractivity contribution is -0.122. The number of carbonyl (C=O) groups excluding carboxylic acids is 1. The van der Waals surface area contributed by atoms with E-state index in [1.807, 2.05) is 61.5 Å². The topological polar surface area (TPSA) is 103 Å². The molecule has 0 fully saturated rings. The largest absolute Gasteiger partial charge is 0.493 e. The van der Waals surface area contributed by atoms with Gasteiger partial charge in [0.05, 0.1) is 17.2 Å². The quantitative estimate of drug-likeness (QED) is 0.235.